The van der Waals surface area contributed by atoms with Gasteiger partial charge < -0.3 is 11.1 Å². The molecular weight excluding hydrogens is 224 g/mol. The molecule has 3 heteroatoms. The Bertz CT molecular complexity index is 462. The third kappa shape index (κ3) is 3.61. The van der Waals surface area contributed by atoms with E-state index in [1.165, 1.54) is 25.7 Å². The van der Waals surface area contributed by atoms with Gasteiger partial charge >= 0.3 is 0 Å². The first-order valence-electron chi connectivity index (χ1n) is 6.39. The van der Waals surface area contributed by atoms with Gasteiger partial charge in [-0.3, -0.25) is 4.79 Å². The van der Waals surface area contributed by atoms with Crippen molar-refractivity contribution in [2.24, 2.45) is 11.7 Å². The molecule has 1 aliphatic carbocycles. The summed E-state index contributed by atoms with van der Waals surface area (Å²) in [6, 6.07) is 7.56. The number of nitrogens with two attached hydrogens (primary N) is 1. The zero-order valence-corrected chi connectivity index (χ0v) is 10.4. The van der Waals surface area contributed by atoms with E-state index in [1.54, 1.807) is 0 Å². The minimum Gasteiger partial charge on any atom is -0.325 e. The number of hydrogen-bond donors (Lipinski definition) is 2. The van der Waals surface area contributed by atoms with Crippen LogP contribution in [0.3, 0.4) is 0 Å². The number of nitrogens with one attached hydrogen (secondary N) is 1. The van der Waals surface area contributed by atoms with Crippen molar-refractivity contribution in [3.8, 4) is 11.8 Å². The monoisotopic (exact) mass is 242 g/mol. The molecule has 2 rings (SSSR count). The zero-order valence-electron chi connectivity index (χ0n) is 10.4. The number of benzene rings is 1. The van der Waals surface area contributed by atoms with E-state index in [0.29, 0.717) is 5.92 Å². The lowest BCUT2D eigenvalue weighted by Gasteiger charge is -2.02. The van der Waals surface area contributed by atoms with Crippen LogP contribution in [0.1, 0.15) is 31.2 Å². The maximum Gasteiger partial charge on any atom is 0.238 e. The van der Waals surface area contributed by atoms with Crippen LogP contribution in [0.4, 0.5) is 5.69 Å². The van der Waals surface area contributed by atoms with Crippen molar-refractivity contribution in [2.45, 2.75) is 25.7 Å². The molecular formula is C15H18N2O. The molecule has 1 fully saturated rings. The maximum absolute atomic E-state index is 11.1. The fraction of sp³-hybridized carbons (Fsp3) is 0.400. The molecule has 1 amide bonds. The van der Waals surface area contributed by atoms with Gasteiger partial charge in [0.1, 0.15) is 0 Å². The van der Waals surface area contributed by atoms with Crippen LogP contribution in [-0.2, 0) is 4.79 Å². The first kappa shape index (κ1) is 12.7. The molecule has 1 aliphatic rings. The number of carbonyl (C=O) groups is 1. The quantitative estimate of drug-likeness (QED) is 0.780. The number of amides is 1. The Balaban J connectivity index is 1.96. The third-order valence-electron chi connectivity index (χ3n) is 3.13. The molecule has 18 heavy (non-hydrogen) atoms. The lowest BCUT2D eigenvalue weighted by Crippen LogP contribution is -2.21. The summed E-state index contributed by atoms with van der Waals surface area (Å²) in [6.07, 6.45) is 5.09. The summed E-state index contributed by atoms with van der Waals surface area (Å²) < 4.78 is 0. The third-order valence-corrected chi connectivity index (χ3v) is 3.13. The predicted molar refractivity (Wildman–Crippen MR) is 73.0 cm³/mol. The van der Waals surface area contributed by atoms with Gasteiger partial charge in [-0.25, -0.2) is 0 Å². The van der Waals surface area contributed by atoms with Crippen molar-refractivity contribution in [3.63, 3.8) is 0 Å². The first-order valence-corrected chi connectivity index (χ1v) is 6.39. The molecule has 0 atom stereocenters. The average Bonchev–Trinajstić information content (AvgIpc) is 2.91. The smallest absolute Gasteiger partial charge is 0.238 e. The lowest BCUT2D eigenvalue weighted by molar-refractivity contribution is -0.114. The van der Waals surface area contributed by atoms with E-state index < -0.39 is 0 Å². The van der Waals surface area contributed by atoms with Gasteiger partial charge in [-0.05, 0) is 37.1 Å². The molecule has 3 N–H and O–H groups in total. The second-order valence-electron chi connectivity index (χ2n) is 4.58. The summed E-state index contributed by atoms with van der Waals surface area (Å²) in [6.45, 7) is 0.00321. The molecule has 0 unspecified atom stereocenters. The van der Waals surface area contributed by atoms with Crippen LogP contribution in [0.5, 0.6) is 0 Å². The number of hydrogen-bond acceptors (Lipinski definition) is 2. The van der Waals surface area contributed by atoms with Gasteiger partial charge in [0.15, 0.2) is 0 Å². The summed E-state index contributed by atoms with van der Waals surface area (Å²) in [5.41, 5.74) is 6.99. The Morgan fingerprint density at radius 2 is 1.94 bits per heavy atom. The number of carbonyl (C=O) groups excluding carboxylic acids is 1. The Hall–Kier alpha value is -1.79. The highest BCUT2D eigenvalue weighted by atomic mass is 16.1. The summed E-state index contributed by atoms with van der Waals surface area (Å²) in [5.74, 6) is 6.90. The van der Waals surface area contributed by atoms with E-state index in [1.807, 2.05) is 24.3 Å². The van der Waals surface area contributed by atoms with E-state index in [9.17, 15) is 4.79 Å². The maximum atomic E-state index is 11.1. The van der Waals surface area contributed by atoms with Crippen LogP contribution in [0.2, 0.25) is 0 Å². The number of rotatable bonds is 2. The van der Waals surface area contributed by atoms with Crippen LogP contribution < -0.4 is 11.1 Å². The van der Waals surface area contributed by atoms with Gasteiger partial charge in [0.05, 0.1) is 6.54 Å². The molecule has 1 aromatic carbocycles. The van der Waals surface area contributed by atoms with E-state index in [2.05, 4.69) is 17.2 Å². The molecule has 3 nitrogen and oxygen atoms in total. The topological polar surface area (TPSA) is 55.1 Å². The second kappa shape index (κ2) is 6.23. The molecule has 0 aliphatic heterocycles. The highest BCUT2D eigenvalue weighted by molar-refractivity contribution is 5.92. The molecule has 0 radical (unpaired) electrons. The molecule has 0 spiro atoms. The summed E-state index contributed by atoms with van der Waals surface area (Å²) in [4.78, 5) is 11.1. The van der Waals surface area contributed by atoms with E-state index in [0.717, 1.165) is 11.3 Å². The largest absolute Gasteiger partial charge is 0.325 e. The summed E-state index contributed by atoms with van der Waals surface area (Å²) in [7, 11) is 0. The van der Waals surface area contributed by atoms with Gasteiger partial charge in [-0.1, -0.05) is 24.7 Å². The Morgan fingerprint density at radius 3 is 2.56 bits per heavy atom. The minimum absolute atomic E-state index is 0.00321. The lowest BCUT2D eigenvalue weighted by atomic mass is 10.1. The highest BCUT2D eigenvalue weighted by Gasteiger charge is 2.11. The van der Waals surface area contributed by atoms with E-state index in [4.69, 9.17) is 5.73 Å². The summed E-state index contributed by atoms with van der Waals surface area (Å²) >= 11 is 0. The average molecular weight is 242 g/mol. The van der Waals surface area contributed by atoms with Crippen LogP contribution in [0, 0.1) is 17.8 Å². The molecule has 1 aromatic rings. The fourth-order valence-electron chi connectivity index (χ4n) is 2.10. The molecule has 0 heterocycles. The van der Waals surface area contributed by atoms with E-state index >= 15 is 0 Å². The van der Waals surface area contributed by atoms with Gasteiger partial charge in [0.25, 0.3) is 0 Å². The van der Waals surface area contributed by atoms with Gasteiger partial charge in [0, 0.05) is 17.2 Å². The van der Waals surface area contributed by atoms with Crippen molar-refractivity contribution in [1.82, 2.24) is 0 Å². The second-order valence-corrected chi connectivity index (χ2v) is 4.58. The predicted octanol–water partition coefficient (Wildman–Crippen LogP) is 2.13. The van der Waals surface area contributed by atoms with Crippen LogP contribution >= 0.6 is 0 Å². The Labute approximate surface area is 108 Å². The minimum atomic E-state index is -0.181. The fourth-order valence-corrected chi connectivity index (χ4v) is 2.10. The number of anilines is 1. The van der Waals surface area contributed by atoms with Crippen LogP contribution in [0.15, 0.2) is 24.3 Å². The zero-order chi connectivity index (χ0) is 12.8. The molecule has 0 aromatic heterocycles. The first-order chi connectivity index (χ1) is 8.78. The Kier molecular flexibility index (Phi) is 4.38. The van der Waals surface area contributed by atoms with Crippen molar-refractivity contribution < 1.29 is 4.79 Å². The van der Waals surface area contributed by atoms with Gasteiger partial charge in [-0.2, -0.15) is 0 Å². The van der Waals surface area contributed by atoms with Crippen molar-refractivity contribution in [1.29, 1.82) is 0 Å². The van der Waals surface area contributed by atoms with Gasteiger partial charge in [-0.15, -0.1) is 0 Å². The Morgan fingerprint density at radius 1 is 1.28 bits per heavy atom. The highest BCUT2D eigenvalue weighted by Crippen LogP contribution is 2.23. The normalized spacial score (nSPS) is 14.9. The molecule has 1 saturated carbocycles. The van der Waals surface area contributed by atoms with Crippen molar-refractivity contribution in [3.05, 3.63) is 29.8 Å². The van der Waals surface area contributed by atoms with Crippen LogP contribution in [-0.4, -0.2) is 12.5 Å². The molecule has 94 valence electrons. The molecule has 0 bridgehead atoms. The van der Waals surface area contributed by atoms with Crippen molar-refractivity contribution >= 4 is 11.6 Å². The van der Waals surface area contributed by atoms with Gasteiger partial charge in [0.2, 0.25) is 5.91 Å². The molecule has 0 saturated heterocycles. The standard InChI is InChI=1S/C15H18N2O/c16-11-15(18)17-14-9-7-13(8-10-14)6-5-12-3-1-2-4-12/h7-10,12H,1-4,11,16H2,(H,17,18). The van der Waals surface area contributed by atoms with E-state index in [-0.39, 0.29) is 12.5 Å². The SMILES string of the molecule is NCC(=O)Nc1ccc(C#CC2CCCC2)cc1. The van der Waals surface area contributed by atoms with Crippen LogP contribution in [0.25, 0.3) is 0 Å². The van der Waals surface area contributed by atoms with Crippen molar-refractivity contribution in [2.75, 3.05) is 11.9 Å². The summed E-state index contributed by atoms with van der Waals surface area (Å²) in [5, 5.41) is 2.70.